The largest absolute Gasteiger partial charge is 0.391 e. The number of rotatable bonds is 4. The van der Waals surface area contributed by atoms with Gasteiger partial charge in [0.25, 0.3) is 0 Å². The molecular weight excluding hydrogens is 220 g/mol. The van der Waals surface area contributed by atoms with Crippen molar-refractivity contribution < 1.29 is 14.6 Å². The lowest BCUT2D eigenvalue weighted by Gasteiger charge is -2.23. The fourth-order valence-corrected chi connectivity index (χ4v) is 2.51. The first-order valence-electron chi connectivity index (χ1n) is 6.50. The van der Waals surface area contributed by atoms with Crippen molar-refractivity contribution in [2.24, 2.45) is 5.92 Å². The first-order chi connectivity index (χ1) is 8.22. The Morgan fingerprint density at radius 2 is 2.35 bits per heavy atom. The second kappa shape index (κ2) is 5.80. The first-order valence-corrected chi connectivity index (χ1v) is 6.50. The van der Waals surface area contributed by atoms with E-state index in [4.69, 9.17) is 4.74 Å². The van der Waals surface area contributed by atoms with Gasteiger partial charge in [0.1, 0.15) is 0 Å². The molecule has 17 heavy (non-hydrogen) atoms. The molecule has 0 saturated carbocycles. The van der Waals surface area contributed by atoms with E-state index in [1.807, 2.05) is 0 Å². The van der Waals surface area contributed by atoms with Crippen LogP contribution in [0.3, 0.4) is 0 Å². The summed E-state index contributed by atoms with van der Waals surface area (Å²) in [5, 5.41) is 12.8. The van der Waals surface area contributed by atoms with Gasteiger partial charge in [-0.2, -0.15) is 0 Å². The Balaban J connectivity index is 1.89. The minimum Gasteiger partial charge on any atom is -0.391 e. The minimum atomic E-state index is -0.344. The van der Waals surface area contributed by atoms with Crippen LogP contribution in [0.4, 0.5) is 0 Å². The van der Waals surface area contributed by atoms with Crippen LogP contribution in [0.5, 0.6) is 0 Å². The maximum absolute atomic E-state index is 12.3. The highest BCUT2D eigenvalue weighted by Gasteiger charge is 2.38. The monoisotopic (exact) mass is 242 g/mol. The number of aliphatic hydroxyl groups excluding tert-OH is 1. The molecule has 2 fully saturated rings. The summed E-state index contributed by atoms with van der Waals surface area (Å²) in [6.07, 6.45) is 1.41. The molecule has 3 atom stereocenters. The topological polar surface area (TPSA) is 61.8 Å². The SMILES string of the molecule is CCCNC1COCC1C(=O)N1CC[C@@H](O)C1. The molecule has 2 aliphatic rings. The van der Waals surface area contributed by atoms with Crippen molar-refractivity contribution in [3.05, 3.63) is 0 Å². The van der Waals surface area contributed by atoms with Crippen LogP contribution >= 0.6 is 0 Å². The molecule has 0 aromatic heterocycles. The minimum absolute atomic E-state index is 0.0770. The number of nitrogens with one attached hydrogen (secondary N) is 1. The van der Waals surface area contributed by atoms with Crippen molar-refractivity contribution in [1.82, 2.24) is 10.2 Å². The van der Waals surface area contributed by atoms with Crippen molar-refractivity contribution >= 4 is 5.91 Å². The molecule has 2 saturated heterocycles. The van der Waals surface area contributed by atoms with Crippen LogP contribution in [-0.4, -0.2) is 60.9 Å². The van der Waals surface area contributed by atoms with Gasteiger partial charge in [0.2, 0.25) is 5.91 Å². The quantitative estimate of drug-likeness (QED) is 0.704. The Bertz CT molecular complexity index is 272. The molecule has 5 nitrogen and oxygen atoms in total. The van der Waals surface area contributed by atoms with E-state index in [0.717, 1.165) is 13.0 Å². The van der Waals surface area contributed by atoms with Crippen LogP contribution in [0.1, 0.15) is 19.8 Å². The van der Waals surface area contributed by atoms with Gasteiger partial charge in [-0.05, 0) is 19.4 Å². The zero-order valence-electron chi connectivity index (χ0n) is 10.4. The summed E-state index contributed by atoms with van der Waals surface area (Å²) in [5.74, 6) is 0.0551. The lowest BCUT2D eigenvalue weighted by atomic mass is 10.0. The molecule has 2 heterocycles. The molecule has 0 aromatic rings. The molecule has 2 N–H and O–H groups in total. The van der Waals surface area contributed by atoms with Gasteiger partial charge in [-0.15, -0.1) is 0 Å². The van der Waals surface area contributed by atoms with E-state index >= 15 is 0 Å². The molecule has 0 aromatic carbocycles. The van der Waals surface area contributed by atoms with Gasteiger partial charge < -0.3 is 20.1 Å². The highest BCUT2D eigenvalue weighted by molar-refractivity contribution is 5.80. The Labute approximate surface area is 102 Å². The molecule has 0 bridgehead atoms. The number of carbonyl (C=O) groups is 1. The van der Waals surface area contributed by atoms with E-state index in [9.17, 15) is 9.90 Å². The second-order valence-electron chi connectivity index (χ2n) is 4.93. The van der Waals surface area contributed by atoms with E-state index in [1.165, 1.54) is 0 Å². The average molecular weight is 242 g/mol. The molecule has 0 radical (unpaired) electrons. The predicted molar refractivity (Wildman–Crippen MR) is 63.6 cm³/mol. The van der Waals surface area contributed by atoms with Crippen LogP contribution in [0, 0.1) is 5.92 Å². The molecule has 2 rings (SSSR count). The van der Waals surface area contributed by atoms with Gasteiger partial charge in [0.05, 0.1) is 25.2 Å². The Morgan fingerprint density at radius 3 is 3.00 bits per heavy atom. The van der Waals surface area contributed by atoms with Crippen molar-refractivity contribution in [1.29, 1.82) is 0 Å². The van der Waals surface area contributed by atoms with E-state index < -0.39 is 0 Å². The van der Waals surface area contributed by atoms with Gasteiger partial charge in [0, 0.05) is 19.1 Å². The number of amides is 1. The molecule has 2 unspecified atom stereocenters. The van der Waals surface area contributed by atoms with E-state index in [1.54, 1.807) is 4.90 Å². The van der Waals surface area contributed by atoms with Crippen LogP contribution < -0.4 is 5.32 Å². The van der Waals surface area contributed by atoms with Gasteiger partial charge in [0.15, 0.2) is 0 Å². The van der Waals surface area contributed by atoms with Crippen molar-refractivity contribution in [2.45, 2.75) is 31.9 Å². The fourth-order valence-electron chi connectivity index (χ4n) is 2.51. The second-order valence-corrected chi connectivity index (χ2v) is 4.93. The Morgan fingerprint density at radius 1 is 1.53 bits per heavy atom. The zero-order valence-corrected chi connectivity index (χ0v) is 10.4. The summed E-state index contributed by atoms with van der Waals surface area (Å²) < 4.78 is 5.40. The summed E-state index contributed by atoms with van der Waals surface area (Å²) in [4.78, 5) is 14.0. The molecule has 5 heteroatoms. The Hall–Kier alpha value is -0.650. The third-order valence-corrected chi connectivity index (χ3v) is 3.53. The number of ether oxygens (including phenoxy) is 1. The molecule has 0 aliphatic carbocycles. The third-order valence-electron chi connectivity index (χ3n) is 3.53. The van der Waals surface area contributed by atoms with E-state index in [0.29, 0.717) is 32.7 Å². The molecule has 1 amide bonds. The average Bonchev–Trinajstić information content (AvgIpc) is 2.94. The highest BCUT2D eigenvalue weighted by Crippen LogP contribution is 2.20. The van der Waals surface area contributed by atoms with E-state index in [2.05, 4.69) is 12.2 Å². The van der Waals surface area contributed by atoms with Crippen LogP contribution in [0.15, 0.2) is 0 Å². The fraction of sp³-hybridized carbons (Fsp3) is 0.917. The van der Waals surface area contributed by atoms with Crippen molar-refractivity contribution in [3.8, 4) is 0 Å². The number of carbonyl (C=O) groups excluding carboxylic acids is 1. The number of hydrogen-bond donors (Lipinski definition) is 2. The van der Waals surface area contributed by atoms with Crippen molar-refractivity contribution in [2.75, 3.05) is 32.8 Å². The zero-order chi connectivity index (χ0) is 12.3. The van der Waals surface area contributed by atoms with Crippen LogP contribution in [-0.2, 0) is 9.53 Å². The molecular formula is C12H22N2O3. The lowest BCUT2D eigenvalue weighted by Crippen LogP contribution is -2.45. The Kier molecular flexibility index (Phi) is 4.36. The molecule has 98 valence electrons. The smallest absolute Gasteiger partial charge is 0.229 e. The maximum Gasteiger partial charge on any atom is 0.229 e. The number of likely N-dealkylation sites (tertiary alicyclic amines) is 1. The first kappa shape index (κ1) is 12.8. The van der Waals surface area contributed by atoms with Crippen LogP contribution in [0.25, 0.3) is 0 Å². The van der Waals surface area contributed by atoms with Gasteiger partial charge in [-0.1, -0.05) is 6.92 Å². The van der Waals surface area contributed by atoms with Crippen LogP contribution in [0.2, 0.25) is 0 Å². The normalized spacial score (nSPS) is 33.3. The summed E-state index contributed by atoms with van der Waals surface area (Å²) in [6.45, 7) is 5.31. The number of hydrogen-bond acceptors (Lipinski definition) is 4. The number of aliphatic hydroxyl groups is 1. The molecule has 2 aliphatic heterocycles. The van der Waals surface area contributed by atoms with E-state index in [-0.39, 0.29) is 24.0 Å². The third kappa shape index (κ3) is 2.97. The highest BCUT2D eigenvalue weighted by atomic mass is 16.5. The summed E-state index contributed by atoms with van der Waals surface area (Å²) in [6, 6.07) is 0.139. The summed E-state index contributed by atoms with van der Waals surface area (Å²) in [7, 11) is 0. The van der Waals surface area contributed by atoms with Gasteiger partial charge in [-0.3, -0.25) is 4.79 Å². The standard InChI is InChI=1S/C12H22N2O3/c1-2-4-13-11-8-17-7-10(11)12(16)14-5-3-9(15)6-14/h9-11,13,15H,2-8H2,1H3/t9-,10?,11?/m1/s1. The maximum atomic E-state index is 12.3. The van der Waals surface area contributed by atoms with Gasteiger partial charge in [-0.25, -0.2) is 0 Å². The molecule has 0 spiro atoms. The summed E-state index contributed by atoms with van der Waals surface area (Å²) in [5.41, 5.74) is 0. The van der Waals surface area contributed by atoms with Crippen molar-refractivity contribution in [3.63, 3.8) is 0 Å². The summed E-state index contributed by atoms with van der Waals surface area (Å²) >= 11 is 0. The lowest BCUT2D eigenvalue weighted by molar-refractivity contribution is -0.135. The predicted octanol–water partition coefficient (Wildman–Crippen LogP) is -0.406. The number of nitrogens with zero attached hydrogens (tertiary/aromatic N) is 1. The van der Waals surface area contributed by atoms with Gasteiger partial charge >= 0.3 is 0 Å². The number of β-amino-alcohol motifs (C(OH)–C–C–N with tert-alkyl or cyclic N) is 1.